The summed E-state index contributed by atoms with van der Waals surface area (Å²) in [4.78, 5) is 16.7. The summed E-state index contributed by atoms with van der Waals surface area (Å²) in [5, 5.41) is 7.49. The molecular formula is C14H15N5OS. The molecule has 0 unspecified atom stereocenters. The first kappa shape index (κ1) is 13.6. The fraction of sp³-hybridized carbons (Fsp3) is 0.214. The van der Waals surface area contributed by atoms with E-state index in [-0.39, 0.29) is 5.91 Å². The second-order valence-corrected chi connectivity index (χ2v) is 5.95. The van der Waals surface area contributed by atoms with Gasteiger partial charge in [-0.25, -0.2) is 4.98 Å². The van der Waals surface area contributed by atoms with Crippen molar-refractivity contribution in [3.63, 3.8) is 0 Å². The van der Waals surface area contributed by atoms with Crippen molar-refractivity contribution < 1.29 is 4.79 Å². The zero-order valence-corrected chi connectivity index (χ0v) is 12.8. The first-order valence-corrected chi connectivity index (χ1v) is 7.25. The summed E-state index contributed by atoms with van der Waals surface area (Å²) in [5.41, 5.74) is 9.31. The third-order valence-electron chi connectivity index (χ3n) is 3.25. The van der Waals surface area contributed by atoms with E-state index in [4.69, 9.17) is 5.73 Å². The minimum atomic E-state index is -0.300. The second-order valence-electron chi connectivity index (χ2n) is 4.92. The number of aryl methyl sites for hydroxylation is 3. The van der Waals surface area contributed by atoms with Crippen LogP contribution in [0.1, 0.15) is 21.7 Å². The van der Waals surface area contributed by atoms with Crippen LogP contribution in [0.4, 0.5) is 10.8 Å². The molecule has 0 saturated carbocycles. The Kier molecular flexibility index (Phi) is 3.13. The number of carbonyl (C=O) groups is 1. The molecule has 1 aromatic carbocycles. The van der Waals surface area contributed by atoms with Crippen LogP contribution in [0.3, 0.4) is 0 Å². The van der Waals surface area contributed by atoms with Crippen LogP contribution in [0.2, 0.25) is 0 Å². The van der Waals surface area contributed by atoms with E-state index in [2.05, 4.69) is 15.4 Å². The van der Waals surface area contributed by atoms with Crippen molar-refractivity contribution in [1.29, 1.82) is 0 Å². The maximum absolute atomic E-state index is 12.3. The lowest BCUT2D eigenvalue weighted by atomic mass is 10.2. The maximum Gasteiger partial charge on any atom is 0.277 e. The SMILES string of the molecule is Cc1ccc2nc(NC(=O)c3c(N)c(C)nn3C)sc2c1. The zero-order valence-electron chi connectivity index (χ0n) is 12.0. The number of benzene rings is 1. The maximum atomic E-state index is 12.3. The average molecular weight is 301 g/mol. The predicted molar refractivity (Wildman–Crippen MR) is 84.7 cm³/mol. The number of hydrogen-bond acceptors (Lipinski definition) is 5. The van der Waals surface area contributed by atoms with Crippen LogP contribution in [0.15, 0.2) is 18.2 Å². The van der Waals surface area contributed by atoms with E-state index >= 15 is 0 Å². The quantitative estimate of drug-likeness (QED) is 0.761. The molecule has 21 heavy (non-hydrogen) atoms. The van der Waals surface area contributed by atoms with E-state index in [1.807, 2.05) is 25.1 Å². The van der Waals surface area contributed by atoms with Gasteiger partial charge in [0.2, 0.25) is 0 Å². The standard InChI is InChI=1S/C14H15N5OS/c1-7-4-5-9-10(6-7)21-14(16-9)17-13(20)12-11(15)8(2)18-19(12)3/h4-6H,15H2,1-3H3,(H,16,17,20). The lowest BCUT2D eigenvalue weighted by molar-refractivity contribution is 0.101. The van der Waals surface area contributed by atoms with Crippen LogP contribution >= 0.6 is 11.3 Å². The fourth-order valence-electron chi connectivity index (χ4n) is 2.19. The van der Waals surface area contributed by atoms with Crippen molar-refractivity contribution in [3.8, 4) is 0 Å². The predicted octanol–water partition coefficient (Wildman–Crippen LogP) is 2.48. The minimum absolute atomic E-state index is 0.300. The van der Waals surface area contributed by atoms with Gasteiger partial charge in [0, 0.05) is 7.05 Å². The Balaban J connectivity index is 1.92. The van der Waals surface area contributed by atoms with Gasteiger partial charge in [0.05, 0.1) is 21.6 Å². The number of nitrogen functional groups attached to an aromatic ring is 1. The van der Waals surface area contributed by atoms with Gasteiger partial charge in [-0.15, -0.1) is 0 Å². The summed E-state index contributed by atoms with van der Waals surface area (Å²) >= 11 is 1.44. The molecule has 0 radical (unpaired) electrons. The molecule has 3 rings (SSSR count). The van der Waals surface area contributed by atoms with Crippen molar-refractivity contribution in [2.45, 2.75) is 13.8 Å². The lowest BCUT2D eigenvalue weighted by Gasteiger charge is -2.02. The Morgan fingerprint density at radius 3 is 2.81 bits per heavy atom. The van der Waals surface area contributed by atoms with Gasteiger partial charge >= 0.3 is 0 Å². The molecule has 0 aliphatic carbocycles. The number of hydrogen-bond donors (Lipinski definition) is 2. The van der Waals surface area contributed by atoms with Crippen molar-refractivity contribution in [3.05, 3.63) is 35.2 Å². The number of nitrogens with one attached hydrogen (secondary N) is 1. The Bertz CT molecular complexity index is 849. The molecule has 6 nitrogen and oxygen atoms in total. The normalized spacial score (nSPS) is 11.0. The van der Waals surface area contributed by atoms with Crippen molar-refractivity contribution in [2.24, 2.45) is 7.05 Å². The van der Waals surface area contributed by atoms with Crippen LogP contribution in [-0.4, -0.2) is 20.7 Å². The summed E-state index contributed by atoms with van der Waals surface area (Å²) in [6.07, 6.45) is 0. The van der Waals surface area contributed by atoms with Gasteiger partial charge < -0.3 is 5.73 Å². The monoisotopic (exact) mass is 301 g/mol. The van der Waals surface area contributed by atoms with Crippen molar-refractivity contribution in [2.75, 3.05) is 11.1 Å². The Hall–Kier alpha value is -2.41. The number of amides is 1. The fourth-order valence-corrected chi connectivity index (χ4v) is 3.14. The molecule has 7 heteroatoms. The smallest absolute Gasteiger partial charge is 0.277 e. The number of thiazole rings is 1. The van der Waals surface area contributed by atoms with Crippen LogP contribution in [0.25, 0.3) is 10.2 Å². The molecule has 0 atom stereocenters. The minimum Gasteiger partial charge on any atom is -0.395 e. The second kappa shape index (κ2) is 4.85. The van der Waals surface area contributed by atoms with E-state index in [0.29, 0.717) is 22.2 Å². The van der Waals surface area contributed by atoms with E-state index < -0.39 is 0 Å². The van der Waals surface area contributed by atoms with Gasteiger partial charge in [0.1, 0.15) is 5.69 Å². The van der Waals surface area contributed by atoms with Gasteiger partial charge in [0.25, 0.3) is 5.91 Å². The van der Waals surface area contributed by atoms with Crippen LogP contribution in [-0.2, 0) is 7.05 Å². The molecule has 0 aliphatic heterocycles. The van der Waals surface area contributed by atoms with Gasteiger partial charge in [-0.3, -0.25) is 14.8 Å². The summed E-state index contributed by atoms with van der Waals surface area (Å²) < 4.78 is 2.52. The van der Waals surface area contributed by atoms with E-state index in [1.165, 1.54) is 16.0 Å². The molecule has 0 saturated heterocycles. The first-order chi connectivity index (χ1) is 9.95. The molecule has 1 amide bonds. The highest BCUT2D eigenvalue weighted by Crippen LogP contribution is 2.27. The van der Waals surface area contributed by atoms with Crippen molar-refractivity contribution in [1.82, 2.24) is 14.8 Å². The number of rotatable bonds is 2. The Morgan fingerprint density at radius 1 is 1.38 bits per heavy atom. The molecule has 2 heterocycles. The third kappa shape index (κ3) is 2.36. The number of carbonyl (C=O) groups excluding carboxylic acids is 1. The largest absolute Gasteiger partial charge is 0.395 e. The molecule has 0 spiro atoms. The number of aromatic nitrogens is 3. The molecule has 0 fully saturated rings. The highest BCUT2D eigenvalue weighted by atomic mass is 32.1. The van der Waals surface area contributed by atoms with Crippen LogP contribution in [0.5, 0.6) is 0 Å². The molecule has 3 aromatic rings. The van der Waals surface area contributed by atoms with Gasteiger partial charge in [-0.1, -0.05) is 17.4 Å². The van der Waals surface area contributed by atoms with E-state index in [9.17, 15) is 4.79 Å². The molecule has 2 aromatic heterocycles. The summed E-state index contributed by atoms with van der Waals surface area (Å²) in [6.45, 7) is 3.79. The third-order valence-corrected chi connectivity index (χ3v) is 4.18. The lowest BCUT2D eigenvalue weighted by Crippen LogP contribution is -2.17. The number of nitrogens with zero attached hydrogens (tertiary/aromatic N) is 3. The van der Waals surface area contributed by atoms with Gasteiger partial charge in [0.15, 0.2) is 5.13 Å². The van der Waals surface area contributed by atoms with E-state index in [1.54, 1.807) is 14.0 Å². The molecule has 0 aliphatic rings. The summed E-state index contributed by atoms with van der Waals surface area (Å²) in [6, 6.07) is 5.99. The first-order valence-electron chi connectivity index (χ1n) is 6.43. The topological polar surface area (TPSA) is 85.8 Å². The molecular weight excluding hydrogens is 286 g/mol. The molecule has 108 valence electrons. The van der Waals surface area contributed by atoms with Crippen LogP contribution in [0, 0.1) is 13.8 Å². The summed E-state index contributed by atoms with van der Waals surface area (Å²) in [7, 11) is 1.69. The molecule has 0 bridgehead atoms. The average Bonchev–Trinajstić information content (AvgIpc) is 2.90. The van der Waals surface area contributed by atoms with Crippen molar-refractivity contribution >= 4 is 38.3 Å². The number of fused-ring (bicyclic) bond motifs is 1. The molecule has 3 N–H and O–H groups in total. The number of nitrogens with two attached hydrogens (primary N) is 1. The summed E-state index contributed by atoms with van der Waals surface area (Å²) in [5.74, 6) is -0.300. The highest BCUT2D eigenvalue weighted by molar-refractivity contribution is 7.22. The zero-order chi connectivity index (χ0) is 15.1. The van der Waals surface area contributed by atoms with Crippen LogP contribution < -0.4 is 11.1 Å². The number of anilines is 2. The van der Waals surface area contributed by atoms with Gasteiger partial charge in [-0.05, 0) is 31.5 Å². The van der Waals surface area contributed by atoms with E-state index in [0.717, 1.165) is 15.8 Å². The highest BCUT2D eigenvalue weighted by Gasteiger charge is 2.19. The Morgan fingerprint density at radius 2 is 2.14 bits per heavy atom. The Labute approximate surface area is 125 Å². The van der Waals surface area contributed by atoms with Gasteiger partial charge in [-0.2, -0.15) is 5.10 Å².